The summed E-state index contributed by atoms with van der Waals surface area (Å²) in [6, 6.07) is 15.3. The zero-order chi connectivity index (χ0) is 26.3. The predicted molar refractivity (Wildman–Crippen MR) is 151 cm³/mol. The molecule has 1 saturated heterocycles. The molecule has 0 unspecified atom stereocenters. The number of anilines is 2. The molecule has 1 aliphatic heterocycles. The minimum absolute atomic E-state index is 0.496. The lowest BCUT2D eigenvalue weighted by molar-refractivity contribution is 0.190. The van der Waals surface area contributed by atoms with Gasteiger partial charge in [-0.3, -0.25) is 4.98 Å². The molecule has 1 aromatic carbocycles. The van der Waals surface area contributed by atoms with Gasteiger partial charge in [0.05, 0.1) is 46.8 Å². The van der Waals surface area contributed by atoms with E-state index in [0.717, 1.165) is 56.0 Å². The van der Waals surface area contributed by atoms with Gasteiger partial charge in [-0.05, 0) is 89.5 Å². The first-order chi connectivity index (χ1) is 17.9. The van der Waals surface area contributed by atoms with Crippen molar-refractivity contribution in [2.75, 3.05) is 51.0 Å². The van der Waals surface area contributed by atoms with E-state index >= 15 is 0 Å². The molecule has 0 bridgehead atoms. The smallest absolute Gasteiger partial charge is 0.0937 e. The first-order valence-corrected chi connectivity index (χ1v) is 13.1. The highest BCUT2D eigenvalue weighted by molar-refractivity contribution is 5.94. The molecule has 0 atom stereocenters. The number of nitrogens with one attached hydrogen (secondary N) is 2. The van der Waals surface area contributed by atoms with Gasteiger partial charge in [-0.25, -0.2) is 0 Å². The lowest BCUT2D eigenvalue weighted by atomic mass is 9.91. The SMILES string of the molecule is COCCCn1c(C#CCNc2ccc(C(C)(C)C#N)nc2)cc2c(NC3CCN(C)CC3)cccc21. The number of nitriles is 1. The summed E-state index contributed by atoms with van der Waals surface area (Å²) >= 11 is 0. The predicted octanol–water partition coefficient (Wildman–Crippen LogP) is 4.84. The van der Waals surface area contributed by atoms with Crippen molar-refractivity contribution < 1.29 is 4.74 Å². The van der Waals surface area contributed by atoms with E-state index in [4.69, 9.17) is 4.74 Å². The van der Waals surface area contributed by atoms with Crippen molar-refractivity contribution >= 4 is 22.3 Å². The summed E-state index contributed by atoms with van der Waals surface area (Å²) in [5.41, 5.74) is 4.44. The van der Waals surface area contributed by atoms with E-state index in [1.807, 2.05) is 26.0 Å². The van der Waals surface area contributed by atoms with Gasteiger partial charge in [-0.2, -0.15) is 5.26 Å². The van der Waals surface area contributed by atoms with Gasteiger partial charge in [0.2, 0.25) is 0 Å². The van der Waals surface area contributed by atoms with Crippen LogP contribution >= 0.6 is 0 Å². The second-order valence-electron chi connectivity index (χ2n) is 10.3. The van der Waals surface area contributed by atoms with Gasteiger partial charge in [-0.1, -0.05) is 12.0 Å². The number of hydrogen-bond acceptors (Lipinski definition) is 6. The van der Waals surface area contributed by atoms with Gasteiger partial charge in [-0.15, -0.1) is 0 Å². The normalized spacial score (nSPS) is 14.7. The fraction of sp³-hybridized carbons (Fsp3) is 0.467. The zero-order valence-corrected chi connectivity index (χ0v) is 22.5. The van der Waals surface area contributed by atoms with Crippen LogP contribution in [0.1, 0.15) is 44.5 Å². The second-order valence-corrected chi connectivity index (χ2v) is 10.3. The van der Waals surface area contributed by atoms with E-state index in [1.165, 1.54) is 16.6 Å². The van der Waals surface area contributed by atoms with Crippen LogP contribution in [0.4, 0.5) is 11.4 Å². The standard InChI is InChI=1S/C30H38N6O/c1-30(2,22-31)29-12-11-24(21-33-29)32-15-6-8-25-20-26-27(34-23-13-17-35(3)18-14-23)9-5-10-28(26)36(25)16-7-19-37-4/h5,9-12,20-21,23,32,34H,7,13-19H2,1-4H3. The average Bonchev–Trinajstić information content (AvgIpc) is 3.26. The lowest BCUT2D eigenvalue weighted by Crippen LogP contribution is -2.36. The summed E-state index contributed by atoms with van der Waals surface area (Å²) in [6.45, 7) is 8.07. The van der Waals surface area contributed by atoms with E-state index in [9.17, 15) is 5.26 Å². The molecule has 0 aliphatic carbocycles. The minimum atomic E-state index is -0.602. The Morgan fingerprint density at radius 2 is 2.00 bits per heavy atom. The van der Waals surface area contributed by atoms with Crippen LogP contribution in [0, 0.1) is 23.2 Å². The van der Waals surface area contributed by atoms with Crippen molar-refractivity contribution in [2.24, 2.45) is 0 Å². The fourth-order valence-corrected chi connectivity index (χ4v) is 4.70. The number of fused-ring (bicyclic) bond motifs is 1. The van der Waals surface area contributed by atoms with Gasteiger partial charge in [0.15, 0.2) is 0 Å². The molecule has 2 aromatic heterocycles. The van der Waals surface area contributed by atoms with Crippen LogP contribution in [0.5, 0.6) is 0 Å². The molecule has 0 saturated carbocycles. The Balaban J connectivity index is 1.51. The van der Waals surface area contributed by atoms with Crippen LogP contribution in [0.3, 0.4) is 0 Å². The maximum Gasteiger partial charge on any atom is 0.0937 e. The van der Waals surface area contributed by atoms with Gasteiger partial charge >= 0.3 is 0 Å². The van der Waals surface area contributed by atoms with Gasteiger partial charge in [0.25, 0.3) is 0 Å². The first kappa shape index (κ1) is 26.5. The molecule has 194 valence electrons. The maximum absolute atomic E-state index is 9.31. The second kappa shape index (κ2) is 12.1. The molecule has 37 heavy (non-hydrogen) atoms. The van der Waals surface area contributed by atoms with Crippen LogP contribution in [0.2, 0.25) is 0 Å². The summed E-state index contributed by atoms with van der Waals surface area (Å²) < 4.78 is 7.62. The van der Waals surface area contributed by atoms with Crippen molar-refractivity contribution in [3.63, 3.8) is 0 Å². The molecule has 0 amide bonds. The monoisotopic (exact) mass is 498 g/mol. The van der Waals surface area contributed by atoms with Crippen LogP contribution < -0.4 is 10.6 Å². The molecule has 7 nitrogen and oxygen atoms in total. The molecular weight excluding hydrogens is 460 g/mol. The summed E-state index contributed by atoms with van der Waals surface area (Å²) in [5, 5.41) is 17.7. The molecular formula is C30H38N6O. The van der Waals surface area contributed by atoms with Crippen molar-refractivity contribution in [1.29, 1.82) is 5.26 Å². The van der Waals surface area contributed by atoms with Crippen molar-refractivity contribution in [2.45, 2.75) is 51.1 Å². The van der Waals surface area contributed by atoms with Gasteiger partial charge < -0.3 is 24.8 Å². The number of pyridine rings is 1. The Kier molecular flexibility index (Phi) is 8.71. The van der Waals surface area contributed by atoms with E-state index in [2.05, 4.69) is 74.3 Å². The van der Waals surface area contributed by atoms with Crippen molar-refractivity contribution in [1.82, 2.24) is 14.5 Å². The molecule has 3 aromatic rings. The zero-order valence-electron chi connectivity index (χ0n) is 22.5. The van der Waals surface area contributed by atoms with E-state index in [1.54, 1.807) is 13.3 Å². The van der Waals surface area contributed by atoms with E-state index in [0.29, 0.717) is 19.2 Å². The van der Waals surface area contributed by atoms with Crippen LogP contribution in [-0.2, 0) is 16.7 Å². The maximum atomic E-state index is 9.31. The number of rotatable bonds is 9. The third kappa shape index (κ3) is 6.63. The lowest BCUT2D eigenvalue weighted by Gasteiger charge is -2.30. The summed E-state index contributed by atoms with van der Waals surface area (Å²) in [5.74, 6) is 6.68. The number of benzene rings is 1. The first-order valence-electron chi connectivity index (χ1n) is 13.1. The third-order valence-corrected chi connectivity index (χ3v) is 7.03. The van der Waals surface area contributed by atoms with Gasteiger partial charge in [0.1, 0.15) is 0 Å². The number of piperidine rings is 1. The number of likely N-dealkylation sites (tertiary alicyclic amines) is 1. The van der Waals surface area contributed by atoms with Crippen molar-refractivity contribution in [3.8, 4) is 17.9 Å². The molecule has 1 aliphatic rings. The number of nitrogens with zero attached hydrogens (tertiary/aromatic N) is 4. The van der Waals surface area contributed by atoms with E-state index < -0.39 is 5.41 Å². The number of methoxy groups -OCH3 is 1. The Morgan fingerprint density at radius 1 is 1.19 bits per heavy atom. The largest absolute Gasteiger partial charge is 0.385 e. The summed E-state index contributed by atoms with van der Waals surface area (Å²) in [4.78, 5) is 6.84. The molecule has 7 heteroatoms. The number of aryl methyl sites for hydroxylation is 1. The summed E-state index contributed by atoms with van der Waals surface area (Å²) in [7, 11) is 3.93. The van der Waals surface area contributed by atoms with Crippen LogP contribution in [0.25, 0.3) is 10.9 Å². The molecule has 2 N–H and O–H groups in total. The van der Waals surface area contributed by atoms with Gasteiger partial charge in [0, 0.05) is 37.4 Å². The fourth-order valence-electron chi connectivity index (χ4n) is 4.70. The van der Waals surface area contributed by atoms with E-state index in [-0.39, 0.29) is 0 Å². The summed E-state index contributed by atoms with van der Waals surface area (Å²) in [6.07, 6.45) is 5.00. The Morgan fingerprint density at radius 3 is 2.70 bits per heavy atom. The van der Waals surface area contributed by atoms with Crippen LogP contribution in [-0.4, -0.2) is 60.9 Å². The molecule has 4 rings (SSSR count). The molecule has 0 radical (unpaired) electrons. The highest BCUT2D eigenvalue weighted by Gasteiger charge is 2.21. The minimum Gasteiger partial charge on any atom is -0.385 e. The number of hydrogen-bond donors (Lipinski definition) is 2. The van der Waals surface area contributed by atoms with Crippen LogP contribution in [0.15, 0.2) is 42.6 Å². The molecule has 1 fully saturated rings. The number of ether oxygens (including phenoxy) is 1. The quantitative estimate of drug-likeness (QED) is 0.325. The van der Waals surface area contributed by atoms with Crippen molar-refractivity contribution in [3.05, 3.63) is 54.0 Å². The Bertz CT molecular complexity index is 1280. The highest BCUT2D eigenvalue weighted by atomic mass is 16.5. The molecule has 3 heterocycles. The highest BCUT2D eigenvalue weighted by Crippen LogP contribution is 2.29. The topological polar surface area (TPSA) is 78.1 Å². The Hall–Kier alpha value is -3.52. The molecule has 0 spiro atoms. The average molecular weight is 499 g/mol. The number of aromatic nitrogens is 2. The Labute approximate surface area is 220 Å². The third-order valence-electron chi connectivity index (χ3n) is 7.03.